The van der Waals surface area contributed by atoms with Crippen molar-refractivity contribution in [2.45, 2.75) is 25.3 Å². The first-order valence-corrected chi connectivity index (χ1v) is 7.28. The molecule has 0 bridgehead atoms. The number of hydrogen-bond acceptors (Lipinski definition) is 3. The van der Waals surface area contributed by atoms with Gasteiger partial charge in [0.25, 0.3) is 0 Å². The van der Waals surface area contributed by atoms with Gasteiger partial charge in [-0.2, -0.15) is 5.10 Å². The third kappa shape index (κ3) is 2.49. The zero-order valence-electron chi connectivity index (χ0n) is 10.7. The first kappa shape index (κ1) is 13.7. The van der Waals surface area contributed by atoms with Crippen LogP contribution in [-0.4, -0.2) is 21.3 Å². The lowest BCUT2D eigenvalue weighted by Gasteiger charge is -2.22. The molecular weight excluding hydrogens is 299 g/mol. The standard InChI is InChI=1S/C13H14Cl2N4O/c14-9-5-4-8(7-10(9)15)19-12(17-18-13(19)20)11-3-1-2-6-16-11/h4-5,7,11,16H,1-3,6H2,(H,18,20). The minimum atomic E-state index is -0.272. The van der Waals surface area contributed by atoms with E-state index in [9.17, 15) is 4.79 Å². The van der Waals surface area contributed by atoms with Crippen LogP contribution in [0.1, 0.15) is 31.1 Å². The smallest absolute Gasteiger partial charge is 0.307 e. The minimum absolute atomic E-state index is 0.0807. The van der Waals surface area contributed by atoms with Crippen LogP contribution in [0.15, 0.2) is 23.0 Å². The van der Waals surface area contributed by atoms with Crippen molar-refractivity contribution in [1.29, 1.82) is 0 Å². The number of nitrogens with one attached hydrogen (secondary N) is 2. The number of H-pyrrole nitrogens is 1. The lowest BCUT2D eigenvalue weighted by Crippen LogP contribution is -2.30. The topological polar surface area (TPSA) is 62.7 Å². The molecule has 1 aliphatic rings. The van der Waals surface area contributed by atoms with Crippen molar-refractivity contribution >= 4 is 23.2 Å². The lowest BCUT2D eigenvalue weighted by atomic mass is 10.0. The zero-order valence-corrected chi connectivity index (χ0v) is 12.2. The van der Waals surface area contributed by atoms with E-state index in [4.69, 9.17) is 23.2 Å². The van der Waals surface area contributed by atoms with Crippen molar-refractivity contribution in [2.75, 3.05) is 6.54 Å². The number of halogens is 2. The Labute approximate surface area is 125 Å². The lowest BCUT2D eigenvalue weighted by molar-refractivity contribution is 0.393. The molecule has 2 heterocycles. The molecule has 1 aromatic heterocycles. The average Bonchev–Trinajstić information content (AvgIpc) is 2.85. The van der Waals surface area contributed by atoms with Gasteiger partial charge in [-0.1, -0.05) is 29.6 Å². The zero-order chi connectivity index (χ0) is 14.1. The fourth-order valence-electron chi connectivity index (χ4n) is 2.49. The average molecular weight is 313 g/mol. The van der Waals surface area contributed by atoms with Crippen molar-refractivity contribution in [3.05, 3.63) is 44.6 Å². The SMILES string of the molecule is O=c1[nH]nc(C2CCCCN2)n1-c1ccc(Cl)c(Cl)c1. The van der Waals surface area contributed by atoms with Crippen LogP contribution in [0, 0.1) is 0 Å². The van der Waals surface area contributed by atoms with E-state index in [0.29, 0.717) is 21.6 Å². The van der Waals surface area contributed by atoms with E-state index in [0.717, 1.165) is 25.8 Å². The maximum Gasteiger partial charge on any atom is 0.347 e. The molecule has 1 unspecified atom stereocenters. The van der Waals surface area contributed by atoms with Crippen LogP contribution < -0.4 is 11.0 Å². The van der Waals surface area contributed by atoms with Gasteiger partial charge in [0, 0.05) is 0 Å². The highest BCUT2D eigenvalue weighted by Crippen LogP contribution is 2.26. The molecule has 5 nitrogen and oxygen atoms in total. The van der Waals surface area contributed by atoms with Gasteiger partial charge < -0.3 is 5.32 Å². The molecular formula is C13H14Cl2N4O. The van der Waals surface area contributed by atoms with Crippen LogP contribution in [0.5, 0.6) is 0 Å². The monoisotopic (exact) mass is 312 g/mol. The molecule has 1 aliphatic heterocycles. The molecule has 0 aliphatic carbocycles. The van der Waals surface area contributed by atoms with E-state index >= 15 is 0 Å². The van der Waals surface area contributed by atoms with Gasteiger partial charge in [0.1, 0.15) is 0 Å². The Hall–Kier alpha value is -1.30. The highest BCUT2D eigenvalue weighted by Gasteiger charge is 2.22. The molecule has 1 aromatic carbocycles. The summed E-state index contributed by atoms with van der Waals surface area (Å²) in [6.45, 7) is 0.938. The van der Waals surface area contributed by atoms with E-state index in [1.165, 1.54) is 0 Å². The molecule has 0 radical (unpaired) electrons. The molecule has 1 saturated heterocycles. The summed E-state index contributed by atoms with van der Waals surface area (Å²) in [5.41, 5.74) is 0.395. The second-order valence-electron chi connectivity index (χ2n) is 4.82. The molecule has 106 valence electrons. The molecule has 1 fully saturated rings. The van der Waals surface area contributed by atoms with Crippen LogP contribution in [0.25, 0.3) is 5.69 Å². The molecule has 2 N–H and O–H groups in total. The van der Waals surface area contributed by atoms with Gasteiger partial charge in [-0.05, 0) is 37.6 Å². The van der Waals surface area contributed by atoms with E-state index in [-0.39, 0.29) is 11.7 Å². The van der Waals surface area contributed by atoms with E-state index in [1.54, 1.807) is 22.8 Å². The molecule has 3 rings (SSSR count). The van der Waals surface area contributed by atoms with Gasteiger partial charge >= 0.3 is 5.69 Å². The Morgan fingerprint density at radius 2 is 2.10 bits per heavy atom. The predicted octanol–water partition coefficient (Wildman–Crippen LogP) is 2.68. The van der Waals surface area contributed by atoms with Crippen molar-refractivity contribution in [2.24, 2.45) is 0 Å². The second kappa shape index (κ2) is 5.60. The van der Waals surface area contributed by atoms with Gasteiger partial charge in [0.2, 0.25) is 0 Å². The number of hydrogen-bond donors (Lipinski definition) is 2. The molecule has 20 heavy (non-hydrogen) atoms. The number of piperidine rings is 1. The van der Waals surface area contributed by atoms with Crippen molar-refractivity contribution in [3.8, 4) is 5.69 Å². The number of rotatable bonds is 2. The first-order chi connectivity index (χ1) is 9.66. The normalized spacial score (nSPS) is 19.2. The summed E-state index contributed by atoms with van der Waals surface area (Å²) < 4.78 is 1.55. The van der Waals surface area contributed by atoms with Gasteiger partial charge in [-0.15, -0.1) is 0 Å². The Balaban J connectivity index is 2.06. The van der Waals surface area contributed by atoms with Crippen molar-refractivity contribution in [1.82, 2.24) is 20.1 Å². The van der Waals surface area contributed by atoms with E-state index in [2.05, 4.69) is 15.5 Å². The fourth-order valence-corrected chi connectivity index (χ4v) is 2.78. The Morgan fingerprint density at radius 1 is 1.25 bits per heavy atom. The maximum absolute atomic E-state index is 12.0. The second-order valence-corrected chi connectivity index (χ2v) is 5.64. The summed E-state index contributed by atoms with van der Waals surface area (Å²) in [5, 5.41) is 10.9. The van der Waals surface area contributed by atoms with Crippen LogP contribution >= 0.6 is 23.2 Å². The summed E-state index contributed by atoms with van der Waals surface area (Å²) in [5.74, 6) is 0.688. The molecule has 7 heteroatoms. The Kier molecular flexibility index (Phi) is 3.83. The van der Waals surface area contributed by atoms with Crippen LogP contribution in [0.4, 0.5) is 0 Å². The van der Waals surface area contributed by atoms with Crippen LogP contribution in [-0.2, 0) is 0 Å². The van der Waals surface area contributed by atoms with Gasteiger partial charge in [0.15, 0.2) is 5.82 Å². The molecule has 0 amide bonds. The summed E-state index contributed by atoms with van der Waals surface area (Å²) in [4.78, 5) is 12.0. The highest BCUT2D eigenvalue weighted by atomic mass is 35.5. The number of aromatic amines is 1. The first-order valence-electron chi connectivity index (χ1n) is 6.53. The summed E-state index contributed by atoms with van der Waals surface area (Å²) >= 11 is 11.9. The van der Waals surface area contributed by atoms with Crippen molar-refractivity contribution in [3.63, 3.8) is 0 Å². The van der Waals surface area contributed by atoms with E-state index in [1.807, 2.05) is 0 Å². The van der Waals surface area contributed by atoms with E-state index < -0.39 is 0 Å². The summed E-state index contributed by atoms with van der Waals surface area (Å²) in [6.07, 6.45) is 3.24. The van der Waals surface area contributed by atoms with Gasteiger partial charge in [-0.25, -0.2) is 14.5 Å². The summed E-state index contributed by atoms with van der Waals surface area (Å²) in [7, 11) is 0. The van der Waals surface area contributed by atoms with Crippen LogP contribution in [0.3, 0.4) is 0 Å². The Bertz CT molecular complexity index is 673. The number of aromatic nitrogens is 3. The number of benzene rings is 1. The third-order valence-corrected chi connectivity index (χ3v) is 4.22. The minimum Gasteiger partial charge on any atom is -0.307 e. The predicted molar refractivity (Wildman–Crippen MR) is 78.8 cm³/mol. The fraction of sp³-hybridized carbons (Fsp3) is 0.385. The van der Waals surface area contributed by atoms with Gasteiger partial charge in [-0.3, -0.25) is 0 Å². The maximum atomic E-state index is 12.0. The van der Waals surface area contributed by atoms with Gasteiger partial charge in [0.05, 0.1) is 21.8 Å². The van der Waals surface area contributed by atoms with Crippen molar-refractivity contribution < 1.29 is 0 Å². The molecule has 0 saturated carbocycles. The number of nitrogens with zero attached hydrogens (tertiary/aromatic N) is 2. The van der Waals surface area contributed by atoms with Crippen LogP contribution in [0.2, 0.25) is 10.0 Å². The third-order valence-electron chi connectivity index (χ3n) is 3.48. The molecule has 2 aromatic rings. The quantitative estimate of drug-likeness (QED) is 0.896. The largest absolute Gasteiger partial charge is 0.347 e. The highest BCUT2D eigenvalue weighted by molar-refractivity contribution is 6.42. The molecule has 1 atom stereocenters. The molecule has 0 spiro atoms. The summed E-state index contributed by atoms with van der Waals surface area (Å²) in [6, 6.07) is 5.19. The Morgan fingerprint density at radius 3 is 2.80 bits per heavy atom.